The summed E-state index contributed by atoms with van der Waals surface area (Å²) in [4.78, 5) is 10.6. The fraction of sp³-hybridized carbons (Fsp3) is 0.412. The third-order valence-electron chi connectivity index (χ3n) is 4.44. The summed E-state index contributed by atoms with van der Waals surface area (Å²) in [5.74, 6) is 0.792. The molecule has 1 aliphatic heterocycles. The van der Waals surface area contributed by atoms with E-state index in [0.717, 1.165) is 24.9 Å². The first-order valence-corrected chi connectivity index (χ1v) is 7.79. The van der Waals surface area contributed by atoms with Crippen LogP contribution in [0.3, 0.4) is 0 Å². The van der Waals surface area contributed by atoms with Gasteiger partial charge in [-0.1, -0.05) is 12.1 Å². The summed E-state index contributed by atoms with van der Waals surface area (Å²) in [5.41, 5.74) is 6.49. The first-order chi connectivity index (χ1) is 11.1. The van der Waals surface area contributed by atoms with E-state index in [-0.39, 0.29) is 17.8 Å². The van der Waals surface area contributed by atoms with E-state index >= 15 is 0 Å². The summed E-state index contributed by atoms with van der Waals surface area (Å²) in [7, 11) is 0. The van der Waals surface area contributed by atoms with Gasteiger partial charge in [-0.05, 0) is 43.0 Å². The van der Waals surface area contributed by atoms with Crippen molar-refractivity contribution in [3.05, 3.63) is 47.9 Å². The number of benzene rings is 1. The molecule has 5 nitrogen and oxygen atoms in total. The van der Waals surface area contributed by atoms with Crippen LogP contribution < -0.4 is 10.6 Å². The molecule has 0 saturated carbocycles. The van der Waals surface area contributed by atoms with Crippen LogP contribution in [-0.2, 0) is 6.42 Å². The largest absolute Gasteiger partial charge is 0.396 e. The van der Waals surface area contributed by atoms with Gasteiger partial charge in [-0.3, -0.25) is 0 Å². The van der Waals surface area contributed by atoms with Crippen LogP contribution >= 0.6 is 0 Å². The Kier molecular flexibility index (Phi) is 4.43. The number of hydrogen-bond acceptors (Lipinski definition) is 5. The van der Waals surface area contributed by atoms with Gasteiger partial charge in [0.2, 0.25) is 5.95 Å². The van der Waals surface area contributed by atoms with Gasteiger partial charge >= 0.3 is 0 Å². The highest BCUT2D eigenvalue weighted by atomic mass is 19.1. The van der Waals surface area contributed by atoms with Gasteiger partial charge in [0.1, 0.15) is 11.6 Å². The van der Waals surface area contributed by atoms with E-state index in [1.165, 1.54) is 12.1 Å². The zero-order valence-electron chi connectivity index (χ0n) is 13.0. The second-order valence-corrected chi connectivity index (χ2v) is 6.27. The molecule has 122 valence electrons. The quantitative estimate of drug-likeness (QED) is 0.902. The van der Waals surface area contributed by atoms with Crippen molar-refractivity contribution in [2.45, 2.75) is 19.3 Å². The minimum atomic E-state index is -0.274. The molecule has 1 aliphatic rings. The lowest BCUT2D eigenvalue weighted by Gasteiger charge is -2.42. The van der Waals surface area contributed by atoms with Crippen molar-refractivity contribution in [2.75, 3.05) is 30.3 Å². The lowest BCUT2D eigenvalue weighted by atomic mass is 9.76. The molecule has 1 atom stereocenters. The number of nitrogens with two attached hydrogens (primary N) is 1. The van der Waals surface area contributed by atoms with Crippen molar-refractivity contribution in [1.29, 1.82) is 0 Å². The number of halogens is 1. The summed E-state index contributed by atoms with van der Waals surface area (Å²) in [6.07, 6.45) is 4.20. The first-order valence-electron chi connectivity index (χ1n) is 7.79. The van der Waals surface area contributed by atoms with E-state index in [9.17, 15) is 9.50 Å². The molecule has 0 aliphatic carbocycles. The predicted molar refractivity (Wildman–Crippen MR) is 87.5 cm³/mol. The molecule has 1 saturated heterocycles. The molecule has 0 unspecified atom stereocenters. The number of rotatable bonds is 4. The van der Waals surface area contributed by atoms with Crippen molar-refractivity contribution in [3.63, 3.8) is 0 Å². The van der Waals surface area contributed by atoms with Gasteiger partial charge in [-0.15, -0.1) is 0 Å². The summed E-state index contributed by atoms with van der Waals surface area (Å²) in [6, 6.07) is 8.14. The van der Waals surface area contributed by atoms with Crippen molar-refractivity contribution >= 4 is 11.8 Å². The SMILES string of the molecule is Nc1ccnc(N2CCC[C@@](CO)(Cc3ccc(F)cc3)C2)n1. The predicted octanol–water partition coefficient (Wildman–Crippen LogP) is 2.02. The third-order valence-corrected chi connectivity index (χ3v) is 4.44. The highest BCUT2D eigenvalue weighted by molar-refractivity contribution is 5.38. The van der Waals surface area contributed by atoms with Gasteiger partial charge in [0.05, 0.1) is 6.61 Å². The van der Waals surface area contributed by atoms with E-state index in [1.807, 2.05) is 0 Å². The Morgan fingerprint density at radius 2 is 2.04 bits per heavy atom. The number of piperidine rings is 1. The lowest BCUT2D eigenvalue weighted by molar-refractivity contribution is 0.105. The third kappa shape index (κ3) is 3.59. The van der Waals surface area contributed by atoms with Crippen LogP contribution in [-0.4, -0.2) is 34.8 Å². The average molecular weight is 316 g/mol. The molecule has 3 rings (SSSR count). The van der Waals surface area contributed by atoms with E-state index in [2.05, 4.69) is 14.9 Å². The topological polar surface area (TPSA) is 75.3 Å². The maximum atomic E-state index is 13.1. The maximum Gasteiger partial charge on any atom is 0.227 e. The molecule has 1 fully saturated rings. The standard InChI is InChI=1S/C17H21FN4O/c18-14-4-2-13(3-5-14)10-17(12-23)7-1-9-22(11-17)16-20-8-6-15(19)21-16/h2-6,8,23H,1,7,9-12H2,(H2,19,20,21)/t17-/m1/s1. The highest BCUT2D eigenvalue weighted by Crippen LogP contribution is 2.34. The fourth-order valence-electron chi connectivity index (χ4n) is 3.26. The number of aliphatic hydroxyl groups excluding tert-OH is 1. The second-order valence-electron chi connectivity index (χ2n) is 6.27. The van der Waals surface area contributed by atoms with E-state index in [0.29, 0.717) is 24.7 Å². The first kappa shape index (κ1) is 15.7. The number of nitrogen functional groups attached to an aromatic ring is 1. The normalized spacial score (nSPS) is 21.4. The molecular formula is C17H21FN4O. The Morgan fingerprint density at radius 3 is 2.74 bits per heavy atom. The van der Waals surface area contributed by atoms with Crippen molar-refractivity contribution < 1.29 is 9.50 Å². The number of aromatic nitrogens is 2. The van der Waals surface area contributed by atoms with Crippen LogP contribution in [0.25, 0.3) is 0 Å². The number of aliphatic hydroxyl groups is 1. The van der Waals surface area contributed by atoms with Gasteiger partial charge in [-0.25, -0.2) is 9.37 Å². The van der Waals surface area contributed by atoms with Crippen LogP contribution in [0.1, 0.15) is 18.4 Å². The zero-order valence-corrected chi connectivity index (χ0v) is 13.0. The van der Waals surface area contributed by atoms with Crippen molar-refractivity contribution in [2.24, 2.45) is 5.41 Å². The molecule has 1 aromatic heterocycles. The smallest absolute Gasteiger partial charge is 0.227 e. The second kappa shape index (κ2) is 6.50. The molecule has 0 bridgehead atoms. The molecule has 0 amide bonds. The fourth-order valence-corrected chi connectivity index (χ4v) is 3.26. The molecule has 23 heavy (non-hydrogen) atoms. The van der Waals surface area contributed by atoms with Gasteiger partial charge in [0.25, 0.3) is 0 Å². The van der Waals surface area contributed by atoms with Crippen LogP contribution in [0.5, 0.6) is 0 Å². The van der Waals surface area contributed by atoms with Gasteiger partial charge < -0.3 is 15.7 Å². The van der Waals surface area contributed by atoms with Gasteiger partial charge in [-0.2, -0.15) is 4.98 Å². The summed E-state index contributed by atoms with van der Waals surface area (Å²) in [6.45, 7) is 1.57. The molecule has 6 heteroatoms. The molecule has 2 heterocycles. The average Bonchev–Trinajstić information content (AvgIpc) is 2.57. The Bertz CT molecular complexity index is 664. The van der Waals surface area contributed by atoms with E-state index < -0.39 is 0 Å². The van der Waals surface area contributed by atoms with Crippen LogP contribution in [0.2, 0.25) is 0 Å². The van der Waals surface area contributed by atoms with Crippen molar-refractivity contribution in [1.82, 2.24) is 9.97 Å². The van der Waals surface area contributed by atoms with Crippen molar-refractivity contribution in [3.8, 4) is 0 Å². The zero-order chi connectivity index (χ0) is 16.3. The monoisotopic (exact) mass is 316 g/mol. The van der Waals surface area contributed by atoms with E-state index in [1.54, 1.807) is 24.4 Å². The van der Waals surface area contributed by atoms with Crippen LogP contribution in [0, 0.1) is 11.2 Å². The number of anilines is 2. The molecule has 3 N–H and O–H groups in total. The molecule has 2 aromatic rings. The molecule has 1 aromatic carbocycles. The summed E-state index contributed by atoms with van der Waals surface area (Å²) < 4.78 is 13.1. The molecule has 0 radical (unpaired) electrons. The Labute approximate surface area is 135 Å². The summed E-state index contributed by atoms with van der Waals surface area (Å²) in [5, 5.41) is 10.0. The van der Waals surface area contributed by atoms with Gasteiger partial charge in [0, 0.05) is 24.7 Å². The Balaban J connectivity index is 1.79. The Morgan fingerprint density at radius 1 is 1.26 bits per heavy atom. The number of hydrogen-bond donors (Lipinski definition) is 2. The summed E-state index contributed by atoms with van der Waals surface area (Å²) >= 11 is 0. The van der Waals surface area contributed by atoms with Crippen LogP contribution in [0.15, 0.2) is 36.5 Å². The molecular weight excluding hydrogens is 295 g/mol. The van der Waals surface area contributed by atoms with Gasteiger partial charge in [0.15, 0.2) is 0 Å². The van der Waals surface area contributed by atoms with Crippen LogP contribution in [0.4, 0.5) is 16.2 Å². The highest BCUT2D eigenvalue weighted by Gasteiger charge is 2.36. The Hall–Kier alpha value is -2.21. The minimum absolute atomic E-state index is 0.0726. The minimum Gasteiger partial charge on any atom is -0.396 e. The van der Waals surface area contributed by atoms with E-state index in [4.69, 9.17) is 5.73 Å². The molecule has 0 spiro atoms. The number of nitrogens with zero attached hydrogens (tertiary/aromatic N) is 3. The maximum absolute atomic E-state index is 13.1. The lowest BCUT2D eigenvalue weighted by Crippen LogP contribution is -2.47.